The second-order valence-corrected chi connectivity index (χ2v) is 4.80. The van der Waals surface area contributed by atoms with Crippen LogP contribution in [0.15, 0.2) is 24.3 Å². The van der Waals surface area contributed by atoms with Crippen LogP contribution in [-0.4, -0.2) is 23.9 Å². The first-order valence-electron chi connectivity index (χ1n) is 6.15. The molecule has 17 heavy (non-hydrogen) atoms. The lowest BCUT2D eigenvalue weighted by atomic mass is 9.91. The molecule has 0 bridgehead atoms. The molecule has 0 aromatic heterocycles. The molecule has 0 radical (unpaired) electrons. The molecular formula is C14H18FNO. The Morgan fingerprint density at radius 1 is 1.41 bits per heavy atom. The number of hydrogen-bond donors (Lipinski definition) is 0. The first-order chi connectivity index (χ1) is 8.15. The Balaban J connectivity index is 1.94. The number of amides is 1. The number of likely N-dealkylation sites (tertiary alicyclic amines) is 1. The van der Waals surface area contributed by atoms with Crippen LogP contribution in [0.3, 0.4) is 0 Å². The summed E-state index contributed by atoms with van der Waals surface area (Å²) in [6, 6.07) is 6.67. The fourth-order valence-electron chi connectivity index (χ4n) is 2.47. The maximum Gasteiger partial charge on any atom is 0.219 e. The highest BCUT2D eigenvalue weighted by molar-refractivity contribution is 5.73. The average molecular weight is 235 g/mol. The molecule has 0 spiro atoms. The van der Waals surface area contributed by atoms with Crippen molar-refractivity contribution in [3.63, 3.8) is 0 Å². The van der Waals surface area contributed by atoms with Gasteiger partial charge in [-0.3, -0.25) is 4.79 Å². The van der Waals surface area contributed by atoms with E-state index in [1.54, 1.807) is 6.92 Å². The topological polar surface area (TPSA) is 20.3 Å². The summed E-state index contributed by atoms with van der Waals surface area (Å²) in [4.78, 5) is 13.2. The van der Waals surface area contributed by atoms with Crippen LogP contribution in [0.1, 0.15) is 25.3 Å². The highest BCUT2D eigenvalue weighted by Gasteiger charge is 2.21. The summed E-state index contributed by atoms with van der Waals surface area (Å²) in [5.41, 5.74) is 1.15. The van der Waals surface area contributed by atoms with Gasteiger partial charge in [0.2, 0.25) is 5.91 Å². The van der Waals surface area contributed by atoms with Crippen LogP contribution in [0.25, 0.3) is 0 Å². The van der Waals surface area contributed by atoms with E-state index in [4.69, 9.17) is 0 Å². The minimum absolute atomic E-state index is 0.161. The Hall–Kier alpha value is -1.38. The minimum Gasteiger partial charge on any atom is -0.343 e. The highest BCUT2D eigenvalue weighted by Crippen LogP contribution is 2.21. The SMILES string of the molecule is CC(=O)N1CCCC(Cc2ccc(F)cc2)C1. The summed E-state index contributed by atoms with van der Waals surface area (Å²) in [7, 11) is 0. The van der Waals surface area contributed by atoms with Crippen LogP contribution in [0.5, 0.6) is 0 Å². The highest BCUT2D eigenvalue weighted by atomic mass is 19.1. The lowest BCUT2D eigenvalue weighted by Crippen LogP contribution is -2.39. The van der Waals surface area contributed by atoms with Gasteiger partial charge in [0.25, 0.3) is 0 Å². The summed E-state index contributed by atoms with van der Waals surface area (Å²) in [5, 5.41) is 0. The van der Waals surface area contributed by atoms with Crippen LogP contribution >= 0.6 is 0 Å². The van der Waals surface area contributed by atoms with E-state index in [1.165, 1.54) is 12.1 Å². The molecule has 2 nitrogen and oxygen atoms in total. The van der Waals surface area contributed by atoms with Gasteiger partial charge in [-0.25, -0.2) is 4.39 Å². The Morgan fingerprint density at radius 3 is 2.76 bits per heavy atom. The van der Waals surface area contributed by atoms with Crippen LogP contribution in [0.2, 0.25) is 0 Å². The van der Waals surface area contributed by atoms with Gasteiger partial charge >= 0.3 is 0 Å². The summed E-state index contributed by atoms with van der Waals surface area (Å²) < 4.78 is 12.8. The van der Waals surface area contributed by atoms with Gasteiger partial charge in [-0.1, -0.05) is 12.1 Å². The predicted octanol–water partition coefficient (Wildman–Crippen LogP) is 2.63. The number of rotatable bonds is 2. The van der Waals surface area contributed by atoms with E-state index in [0.717, 1.165) is 37.9 Å². The van der Waals surface area contributed by atoms with E-state index in [2.05, 4.69) is 0 Å². The zero-order valence-electron chi connectivity index (χ0n) is 10.2. The molecule has 0 saturated carbocycles. The third kappa shape index (κ3) is 3.29. The van der Waals surface area contributed by atoms with Crippen molar-refractivity contribution >= 4 is 5.91 Å². The largest absolute Gasteiger partial charge is 0.343 e. The molecule has 1 unspecified atom stereocenters. The van der Waals surface area contributed by atoms with E-state index in [0.29, 0.717) is 5.92 Å². The molecule has 2 rings (SSSR count). The van der Waals surface area contributed by atoms with Crippen molar-refractivity contribution < 1.29 is 9.18 Å². The normalized spacial score (nSPS) is 20.4. The summed E-state index contributed by atoms with van der Waals surface area (Å²) in [6.07, 6.45) is 3.16. The quantitative estimate of drug-likeness (QED) is 0.771. The van der Waals surface area contributed by atoms with E-state index in [9.17, 15) is 9.18 Å². The van der Waals surface area contributed by atoms with Gasteiger partial charge in [-0.15, -0.1) is 0 Å². The van der Waals surface area contributed by atoms with Crippen LogP contribution < -0.4 is 0 Å². The lowest BCUT2D eigenvalue weighted by Gasteiger charge is -2.32. The molecule has 1 aliphatic rings. The minimum atomic E-state index is -0.192. The van der Waals surface area contributed by atoms with Crippen molar-refractivity contribution in [3.05, 3.63) is 35.6 Å². The van der Waals surface area contributed by atoms with E-state index >= 15 is 0 Å². The first-order valence-corrected chi connectivity index (χ1v) is 6.15. The molecule has 0 N–H and O–H groups in total. The molecule has 1 aromatic carbocycles. The monoisotopic (exact) mass is 235 g/mol. The van der Waals surface area contributed by atoms with E-state index in [1.807, 2.05) is 17.0 Å². The van der Waals surface area contributed by atoms with Gasteiger partial charge in [0.15, 0.2) is 0 Å². The molecule has 1 heterocycles. The molecule has 1 aliphatic heterocycles. The number of halogens is 1. The van der Waals surface area contributed by atoms with E-state index in [-0.39, 0.29) is 11.7 Å². The Morgan fingerprint density at radius 2 is 2.12 bits per heavy atom. The standard InChI is InChI=1S/C14H18FNO/c1-11(17)16-8-2-3-13(10-16)9-12-4-6-14(15)7-5-12/h4-7,13H,2-3,8-10H2,1H3. The molecule has 1 atom stereocenters. The molecule has 1 amide bonds. The zero-order valence-corrected chi connectivity index (χ0v) is 10.2. The summed E-state index contributed by atoms with van der Waals surface area (Å²) in [6.45, 7) is 3.35. The van der Waals surface area contributed by atoms with Crippen LogP contribution in [-0.2, 0) is 11.2 Å². The van der Waals surface area contributed by atoms with Crippen LogP contribution in [0.4, 0.5) is 4.39 Å². The molecule has 92 valence electrons. The number of piperidine rings is 1. The second-order valence-electron chi connectivity index (χ2n) is 4.80. The molecule has 3 heteroatoms. The number of hydrogen-bond acceptors (Lipinski definition) is 1. The summed E-state index contributed by atoms with van der Waals surface area (Å²) in [5.74, 6) is 0.481. The Labute approximate surface area is 101 Å². The fraction of sp³-hybridized carbons (Fsp3) is 0.500. The van der Waals surface area contributed by atoms with Crippen molar-refractivity contribution in [1.82, 2.24) is 4.90 Å². The van der Waals surface area contributed by atoms with Gasteiger partial charge in [-0.05, 0) is 42.9 Å². The van der Waals surface area contributed by atoms with Crippen molar-refractivity contribution in [2.24, 2.45) is 5.92 Å². The maximum absolute atomic E-state index is 12.8. The zero-order chi connectivity index (χ0) is 12.3. The Kier molecular flexibility index (Phi) is 3.77. The van der Waals surface area contributed by atoms with Gasteiger partial charge in [0.1, 0.15) is 5.82 Å². The summed E-state index contributed by atoms with van der Waals surface area (Å²) >= 11 is 0. The third-order valence-corrected chi connectivity index (χ3v) is 3.40. The van der Waals surface area contributed by atoms with Gasteiger partial charge in [-0.2, -0.15) is 0 Å². The molecule has 1 saturated heterocycles. The van der Waals surface area contributed by atoms with E-state index < -0.39 is 0 Å². The maximum atomic E-state index is 12.8. The second kappa shape index (κ2) is 5.30. The first kappa shape index (κ1) is 12.1. The molecule has 1 fully saturated rings. The lowest BCUT2D eigenvalue weighted by molar-refractivity contribution is -0.130. The van der Waals surface area contributed by atoms with Crippen molar-refractivity contribution in [2.75, 3.05) is 13.1 Å². The van der Waals surface area contributed by atoms with Gasteiger partial charge in [0.05, 0.1) is 0 Å². The third-order valence-electron chi connectivity index (χ3n) is 3.40. The number of carbonyl (C=O) groups excluding carboxylic acids is 1. The van der Waals surface area contributed by atoms with Gasteiger partial charge in [0, 0.05) is 20.0 Å². The molecular weight excluding hydrogens is 217 g/mol. The van der Waals surface area contributed by atoms with Crippen molar-refractivity contribution in [2.45, 2.75) is 26.2 Å². The number of benzene rings is 1. The van der Waals surface area contributed by atoms with Crippen LogP contribution in [0, 0.1) is 11.7 Å². The molecule has 1 aromatic rings. The average Bonchev–Trinajstić information content (AvgIpc) is 2.32. The smallest absolute Gasteiger partial charge is 0.219 e. The fourth-order valence-corrected chi connectivity index (χ4v) is 2.47. The van der Waals surface area contributed by atoms with Crippen molar-refractivity contribution in [1.29, 1.82) is 0 Å². The Bertz CT molecular complexity index is 388. The molecule has 0 aliphatic carbocycles. The number of nitrogens with zero attached hydrogens (tertiary/aromatic N) is 1. The predicted molar refractivity (Wildman–Crippen MR) is 65.1 cm³/mol. The number of carbonyl (C=O) groups is 1. The van der Waals surface area contributed by atoms with Crippen molar-refractivity contribution in [3.8, 4) is 0 Å². The van der Waals surface area contributed by atoms with Gasteiger partial charge < -0.3 is 4.90 Å².